The molecular weight excluding hydrogens is 1060 g/mol. The lowest BCUT2D eigenvalue weighted by Gasteiger charge is -2.25. The van der Waals surface area contributed by atoms with Gasteiger partial charge in [0.2, 0.25) is 5.91 Å². The number of aliphatic hydroxyl groups excluding tert-OH is 1. The van der Waals surface area contributed by atoms with E-state index in [9.17, 15) is 19.4 Å². The minimum Gasteiger partial charge on any atom is -0.387 e. The maximum Gasteiger partial charge on any atom is 0.472 e. The van der Waals surface area contributed by atoms with Gasteiger partial charge in [-0.25, -0.2) is 4.57 Å². The van der Waals surface area contributed by atoms with Crippen LogP contribution >= 0.6 is 7.82 Å². The number of hydrogen-bond acceptors (Lipinski definition) is 5. The fourth-order valence-electron chi connectivity index (χ4n) is 9.76. The molecule has 0 fully saturated rings. The molecule has 0 radical (unpaired) electrons. The molecule has 0 saturated heterocycles. The highest BCUT2D eigenvalue weighted by atomic mass is 31.2. The number of quaternary nitrogens is 1. The van der Waals surface area contributed by atoms with Crippen molar-refractivity contribution in [2.75, 3.05) is 40.9 Å². The molecule has 3 atom stereocenters. The van der Waals surface area contributed by atoms with Crippen molar-refractivity contribution in [1.82, 2.24) is 5.32 Å². The molecule has 0 bridgehead atoms. The highest BCUT2D eigenvalue weighted by molar-refractivity contribution is 7.47. The number of likely N-dealkylation sites (N-methyl/N-ethyl adjacent to an activating group) is 1. The number of aliphatic hydroxyl groups is 1. The third-order valence-electron chi connectivity index (χ3n) is 15.1. The molecule has 0 aliphatic rings. The Labute approximate surface area is 520 Å². The average molecular weight is 1190 g/mol. The van der Waals surface area contributed by atoms with Crippen molar-refractivity contribution in [1.29, 1.82) is 0 Å². The molecule has 484 valence electrons. The smallest absolute Gasteiger partial charge is 0.387 e. The quantitative estimate of drug-likeness (QED) is 0.0243. The predicted octanol–water partition coefficient (Wildman–Crippen LogP) is 22.4. The lowest BCUT2D eigenvalue weighted by atomic mass is 10.0. The van der Waals surface area contributed by atoms with E-state index in [2.05, 4.69) is 129 Å². The Kier molecular flexibility index (Phi) is 62.0. The first-order valence-electron chi connectivity index (χ1n) is 34.9. The van der Waals surface area contributed by atoms with E-state index in [-0.39, 0.29) is 19.1 Å². The maximum atomic E-state index is 13.0. The van der Waals surface area contributed by atoms with Gasteiger partial charge in [0.1, 0.15) is 13.2 Å². The van der Waals surface area contributed by atoms with Gasteiger partial charge in [0.25, 0.3) is 0 Å². The number of amides is 1. The van der Waals surface area contributed by atoms with E-state index < -0.39 is 20.0 Å². The molecule has 0 aliphatic carbocycles. The Morgan fingerprint density at radius 2 is 0.726 bits per heavy atom. The van der Waals surface area contributed by atoms with Gasteiger partial charge < -0.3 is 19.8 Å². The van der Waals surface area contributed by atoms with Gasteiger partial charge in [-0.2, -0.15) is 0 Å². The molecule has 0 aliphatic heterocycles. The van der Waals surface area contributed by atoms with Crippen LogP contribution in [0.2, 0.25) is 0 Å². The number of nitrogens with one attached hydrogen (secondary N) is 1. The number of rotatable bonds is 63. The van der Waals surface area contributed by atoms with E-state index in [1.54, 1.807) is 6.08 Å². The largest absolute Gasteiger partial charge is 0.472 e. The lowest BCUT2D eigenvalue weighted by molar-refractivity contribution is -0.870. The molecule has 0 rings (SSSR count). The molecule has 3 N–H and O–H groups in total. The van der Waals surface area contributed by atoms with Crippen molar-refractivity contribution in [3.05, 3.63) is 122 Å². The van der Waals surface area contributed by atoms with Crippen LogP contribution in [-0.4, -0.2) is 73.4 Å². The van der Waals surface area contributed by atoms with E-state index in [4.69, 9.17) is 9.05 Å². The molecule has 0 aromatic heterocycles. The third-order valence-corrected chi connectivity index (χ3v) is 16.1. The summed E-state index contributed by atoms with van der Waals surface area (Å²) in [7, 11) is 1.54. The fraction of sp³-hybridized carbons (Fsp3) is 0.720. The van der Waals surface area contributed by atoms with Gasteiger partial charge in [0, 0.05) is 6.42 Å². The van der Waals surface area contributed by atoms with Crippen LogP contribution in [0.5, 0.6) is 0 Å². The molecule has 0 spiro atoms. The Hall–Kier alpha value is -3.10. The lowest BCUT2D eigenvalue weighted by Crippen LogP contribution is -2.45. The monoisotopic (exact) mass is 1190 g/mol. The second-order valence-corrected chi connectivity index (χ2v) is 26.0. The predicted molar refractivity (Wildman–Crippen MR) is 368 cm³/mol. The van der Waals surface area contributed by atoms with Crippen LogP contribution in [0, 0.1) is 0 Å². The van der Waals surface area contributed by atoms with Crippen LogP contribution in [-0.2, 0) is 18.4 Å². The molecule has 0 saturated carbocycles. The summed E-state index contributed by atoms with van der Waals surface area (Å²) in [4.78, 5) is 23.4. The first-order chi connectivity index (χ1) is 41.0. The van der Waals surface area contributed by atoms with Gasteiger partial charge in [-0.15, -0.1) is 0 Å². The summed E-state index contributed by atoms with van der Waals surface area (Å²) in [5.74, 6) is -0.192. The normalized spacial score (nSPS) is 14.4. The molecule has 0 aromatic carbocycles. The first kappa shape index (κ1) is 80.9. The molecule has 84 heavy (non-hydrogen) atoms. The number of allylic oxidation sites excluding steroid dienone is 19. The van der Waals surface area contributed by atoms with Crippen LogP contribution < -0.4 is 5.32 Å². The van der Waals surface area contributed by atoms with Gasteiger partial charge in [0.15, 0.2) is 0 Å². The van der Waals surface area contributed by atoms with Crippen molar-refractivity contribution in [2.45, 2.75) is 309 Å². The number of phosphoric ester groups is 1. The van der Waals surface area contributed by atoms with Crippen LogP contribution in [0.25, 0.3) is 0 Å². The fourth-order valence-corrected chi connectivity index (χ4v) is 10.5. The first-order valence-corrected chi connectivity index (χ1v) is 36.4. The van der Waals surface area contributed by atoms with Crippen LogP contribution in [0.15, 0.2) is 122 Å². The van der Waals surface area contributed by atoms with Crippen molar-refractivity contribution in [3.63, 3.8) is 0 Å². The molecule has 3 unspecified atom stereocenters. The van der Waals surface area contributed by atoms with Gasteiger partial charge >= 0.3 is 7.82 Å². The zero-order chi connectivity index (χ0) is 61.2. The number of phosphoric acid groups is 1. The minimum atomic E-state index is -4.37. The molecule has 8 nitrogen and oxygen atoms in total. The Balaban J connectivity index is 4.13. The summed E-state index contributed by atoms with van der Waals surface area (Å²) in [6.07, 6.45) is 96.3. The average Bonchev–Trinajstić information content (AvgIpc) is 3.56. The van der Waals surface area contributed by atoms with E-state index in [0.717, 1.165) is 89.9 Å². The summed E-state index contributed by atoms with van der Waals surface area (Å²) in [5, 5.41) is 14.0. The SMILES string of the molecule is CC/C=C\C/C=C\C/C=C\C/C=C\C/C=C\C/C=C\C/C=C\CCCCCCCCCCCCCCCCCC(=O)NC(COP(=O)(O)OCC[N+](C)(C)C)C(O)/C=C/CC/C=C/CC/C=C/CCCCCCCCCCCCCCCCC. The molecule has 0 heterocycles. The summed E-state index contributed by atoms with van der Waals surface area (Å²) >= 11 is 0. The van der Waals surface area contributed by atoms with E-state index in [0.29, 0.717) is 17.4 Å². The van der Waals surface area contributed by atoms with Crippen molar-refractivity contribution in [2.24, 2.45) is 0 Å². The molecule has 1 amide bonds. The number of hydrogen-bond donors (Lipinski definition) is 3. The Morgan fingerprint density at radius 1 is 0.417 bits per heavy atom. The summed E-state index contributed by atoms with van der Waals surface area (Å²) < 4.78 is 23.8. The van der Waals surface area contributed by atoms with E-state index in [1.165, 1.54) is 186 Å². The standard InChI is InChI=1S/C75H133N2O6P/c1-6-8-10-12-14-16-18-20-22-24-26-28-30-32-33-34-35-36-37-38-39-40-41-42-43-45-47-49-51-53-55-57-59-61-63-65-67-69-75(79)76-73(72-83-84(80,81)82-71-70-77(3,4)5)74(78)68-66-64-62-60-58-56-54-52-50-48-46-44-31-29-27-25-23-21-19-17-15-13-11-9-7-2/h8,10,14,16,20,22,26,28,32-33,35-36,38-39,50,52,58,60,66,68,73-74,78H,6-7,9,11-13,15,17-19,21,23-25,27,29-31,34,37,40-49,51,53-57,59,61-65,67,69-72H2,1-5H3,(H-,76,79,80,81)/p+1/b10-8-,16-14-,22-20-,28-26-,33-32-,36-35-,39-38-,52-50+,60-58+,68-66+. The molecule has 0 aromatic rings. The second-order valence-electron chi connectivity index (χ2n) is 24.5. The van der Waals surface area contributed by atoms with Crippen LogP contribution in [0.4, 0.5) is 0 Å². The number of carbonyl (C=O) groups is 1. The summed E-state index contributed by atoms with van der Waals surface area (Å²) in [6, 6.07) is -0.878. The van der Waals surface area contributed by atoms with E-state index >= 15 is 0 Å². The topological polar surface area (TPSA) is 105 Å². The van der Waals surface area contributed by atoms with E-state index in [1.807, 2.05) is 27.2 Å². The van der Waals surface area contributed by atoms with Gasteiger partial charge in [-0.1, -0.05) is 309 Å². The van der Waals surface area contributed by atoms with Crippen molar-refractivity contribution in [3.8, 4) is 0 Å². The number of unbranched alkanes of at least 4 members (excludes halogenated alkanes) is 32. The van der Waals surface area contributed by atoms with Crippen LogP contribution in [0.1, 0.15) is 296 Å². The number of carbonyl (C=O) groups excluding carboxylic acids is 1. The minimum absolute atomic E-state index is 0.0494. The zero-order valence-electron chi connectivity index (χ0n) is 55.4. The maximum absolute atomic E-state index is 13.0. The summed E-state index contributed by atoms with van der Waals surface area (Å²) in [5.41, 5.74) is 0. The molecule has 9 heteroatoms. The Morgan fingerprint density at radius 3 is 1.10 bits per heavy atom. The zero-order valence-corrected chi connectivity index (χ0v) is 56.3. The van der Waals surface area contributed by atoms with Gasteiger partial charge in [-0.3, -0.25) is 13.8 Å². The van der Waals surface area contributed by atoms with Crippen molar-refractivity contribution >= 4 is 13.7 Å². The second kappa shape index (κ2) is 64.4. The summed E-state index contributed by atoms with van der Waals surface area (Å²) in [6.45, 7) is 4.69. The molecular formula is C75H134N2O6P+. The highest BCUT2D eigenvalue weighted by Crippen LogP contribution is 2.43. The van der Waals surface area contributed by atoms with Crippen molar-refractivity contribution < 1.29 is 32.9 Å². The highest BCUT2D eigenvalue weighted by Gasteiger charge is 2.28. The third kappa shape index (κ3) is 66.4. The van der Waals surface area contributed by atoms with Gasteiger partial charge in [-0.05, 0) is 103 Å². The Bertz CT molecular complexity index is 1780. The number of nitrogens with zero attached hydrogens (tertiary/aromatic N) is 1. The van der Waals surface area contributed by atoms with Crippen LogP contribution in [0.3, 0.4) is 0 Å². The van der Waals surface area contributed by atoms with Gasteiger partial charge in [0.05, 0.1) is 39.9 Å².